The molecule has 0 bridgehead atoms. The summed E-state index contributed by atoms with van der Waals surface area (Å²) >= 11 is 3.04. The zero-order valence-corrected chi connectivity index (χ0v) is 17.0. The number of aromatic nitrogens is 1. The van der Waals surface area contributed by atoms with Crippen molar-refractivity contribution in [1.82, 2.24) is 9.88 Å². The van der Waals surface area contributed by atoms with Crippen molar-refractivity contribution in [2.75, 3.05) is 13.3 Å². The van der Waals surface area contributed by atoms with Crippen LogP contribution in [0.15, 0.2) is 51.4 Å². The number of rotatable bonds is 5. The average Bonchev–Trinajstić information content (AvgIpc) is 3.30. The number of benzene rings is 1. The van der Waals surface area contributed by atoms with Gasteiger partial charge in [0, 0.05) is 29.6 Å². The molecule has 3 aromatic rings. The van der Waals surface area contributed by atoms with E-state index in [1.165, 1.54) is 17.6 Å². The fourth-order valence-electron chi connectivity index (χ4n) is 2.46. The maximum Gasteiger partial charge on any atom is 0.273 e. The second-order valence-corrected chi connectivity index (χ2v) is 9.64. The van der Waals surface area contributed by atoms with Crippen LogP contribution in [0.25, 0.3) is 10.6 Å². The van der Waals surface area contributed by atoms with Crippen molar-refractivity contribution in [2.45, 2.75) is 17.9 Å². The number of thiazole rings is 1. The van der Waals surface area contributed by atoms with Gasteiger partial charge in [0.05, 0.1) is 10.9 Å². The van der Waals surface area contributed by atoms with Crippen molar-refractivity contribution in [3.05, 3.63) is 57.7 Å². The number of sulfone groups is 1. The summed E-state index contributed by atoms with van der Waals surface area (Å²) in [4.78, 5) is 19.1. The van der Waals surface area contributed by atoms with E-state index in [0.29, 0.717) is 5.69 Å². The van der Waals surface area contributed by atoms with Crippen LogP contribution in [0.4, 0.5) is 0 Å². The molecule has 0 radical (unpaired) electrons. The van der Waals surface area contributed by atoms with Crippen molar-refractivity contribution >= 4 is 38.4 Å². The lowest BCUT2D eigenvalue weighted by atomic mass is 10.1. The van der Waals surface area contributed by atoms with Crippen LogP contribution in [-0.2, 0) is 9.84 Å². The first-order chi connectivity index (χ1) is 12.3. The fraction of sp³-hybridized carbons (Fsp3) is 0.222. The molecule has 0 aliphatic heterocycles. The van der Waals surface area contributed by atoms with Crippen molar-refractivity contribution in [2.24, 2.45) is 0 Å². The van der Waals surface area contributed by atoms with E-state index in [1.54, 1.807) is 52.9 Å². The van der Waals surface area contributed by atoms with Crippen LogP contribution in [0.5, 0.6) is 0 Å². The Morgan fingerprint density at radius 1 is 1.15 bits per heavy atom. The SMILES string of the molecule is C[C@@H](c1ccc(S(C)(=O)=O)cc1)N(C)C(=O)c1csc(-c2ccsc2)n1. The number of nitrogens with zero attached hydrogens (tertiary/aromatic N) is 2. The molecule has 136 valence electrons. The van der Waals surface area contributed by atoms with Crippen LogP contribution in [0.3, 0.4) is 0 Å². The predicted molar refractivity (Wildman–Crippen MR) is 105 cm³/mol. The highest BCUT2D eigenvalue weighted by molar-refractivity contribution is 7.90. The van der Waals surface area contributed by atoms with Crippen LogP contribution in [0.1, 0.15) is 29.0 Å². The summed E-state index contributed by atoms with van der Waals surface area (Å²) < 4.78 is 23.1. The highest BCUT2D eigenvalue weighted by Gasteiger charge is 2.22. The molecule has 1 amide bonds. The van der Waals surface area contributed by atoms with E-state index in [1.807, 2.05) is 23.8 Å². The van der Waals surface area contributed by atoms with E-state index in [0.717, 1.165) is 16.1 Å². The Kier molecular flexibility index (Phi) is 5.27. The van der Waals surface area contributed by atoms with E-state index in [2.05, 4.69) is 4.98 Å². The molecule has 1 aromatic carbocycles. The number of carbonyl (C=O) groups is 1. The van der Waals surface area contributed by atoms with E-state index >= 15 is 0 Å². The van der Waals surface area contributed by atoms with Gasteiger partial charge >= 0.3 is 0 Å². The number of hydrogen-bond acceptors (Lipinski definition) is 6. The smallest absolute Gasteiger partial charge is 0.273 e. The first-order valence-electron chi connectivity index (χ1n) is 7.82. The molecule has 0 saturated heterocycles. The summed E-state index contributed by atoms with van der Waals surface area (Å²) in [5.74, 6) is -0.164. The second-order valence-electron chi connectivity index (χ2n) is 5.98. The Labute approximate surface area is 160 Å². The number of amides is 1. The van der Waals surface area contributed by atoms with Crippen molar-refractivity contribution in [3.8, 4) is 10.6 Å². The number of hydrogen-bond donors (Lipinski definition) is 0. The molecule has 3 rings (SSSR count). The third kappa shape index (κ3) is 3.87. The van der Waals surface area contributed by atoms with Gasteiger partial charge in [-0.05, 0) is 36.1 Å². The average molecular weight is 407 g/mol. The molecule has 0 aliphatic rings. The molecular formula is C18H18N2O3S3. The third-order valence-corrected chi connectivity index (χ3v) is 6.89. The molecule has 2 aromatic heterocycles. The normalized spacial score (nSPS) is 12.7. The Morgan fingerprint density at radius 2 is 1.85 bits per heavy atom. The van der Waals surface area contributed by atoms with Gasteiger partial charge < -0.3 is 4.90 Å². The molecule has 26 heavy (non-hydrogen) atoms. The maximum atomic E-state index is 12.7. The summed E-state index contributed by atoms with van der Waals surface area (Å²) in [5.41, 5.74) is 2.30. The van der Waals surface area contributed by atoms with Gasteiger partial charge in [-0.2, -0.15) is 11.3 Å². The molecule has 0 spiro atoms. The largest absolute Gasteiger partial charge is 0.334 e. The van der Waals surface area contributed by atoms with Crippen LogP contribution in [-0.4, -0.2) is 37.5 Å². The van der Waals surface area contributed by atoms with Gasteiger partial charge in [0.15, 0.2) is 9.84 Å². The molecule has 0 aliphatic carbocycles. The Balaban J connectivity index is 1.77. The van der Waals surface area contributed by atoms with Gasteiger partial charge in [-0.3, -0.25) is 4.79 Å². The fourth-order valence-corrected chi connectivity index (χ4v) is 4.60. The number of carbonyl (C=O) groups excluding carboxylic acids is 1. The Hall–Kier alpha value is -2.03. The summed E-state index contributed by atoms with van der Waals surface area (Å²) in [6.45, 7) is 1.90. The molecule has 0 fully saturated rings. The molecule has 1 atom stereocenters. The molecule has 8 heteroatoms. The highest BCUT2D eigenvalue weighted by Crippen LogP contribution is 2.27. The lowest BCUT2D eigenvalue weighted by Crippen LogP contribution is -2.29. The lowest BCUT2D eigenvalue weighted by Gasteiger charge is -2.24. The molecule has 5 nitrogen and oxygen atoms in total. The first kappa shape index (κ1) is 18.8. The predicted octanol–water partition coefficient (Wildman–Crippen LogP) is 4.11. The zero-order valence-electron chi connectivity index (χ0n) is 14.5. The van der Waals surface area contributed by atoms with E-state index < -0.39 is 9.84 Å². The van der Waals surface area contributed by atoms with Crippen molar-refractivity contribution in [1.29, 1.82) is 0 Å². The monoisotopic (exact) mass is 406 g/mol. The highest BCUT2D eigenvalue weighted by atomic mass is 32.2. The minimum atomic E-state index is -3.23. The molecule has 0 saturated carbocycles. The van der Waals surface area contributed by atoms with Gasteiger partial charge in [0.2, 0.25) is 0 Å². The summed E-state index contributed by atoms with van der Waals surface area (Å²) in [6.07, 6.45) is 1.17. The van der Waals surface area contributed by atoms with E-state index in [9.17, 15) is 13.2 Å². The van der Waals surface area contributed by atoms with Gasteiger partial charge in [-0.25, -0.2) is 13.4 Å². The van der Waals surface area contributed by atoms with Gasteiger partial charge in [0.1, 0.15) is 10.7 Å². The number of thiophene rings is 1. The minimum Gasteiger partial charge on any atom is -0.334 e. The Bertz CT molecular complexity index is 1010. The maximum absolute atomic E-state index is 12.7. The summed E-state index contributed by atoms with van der Waals surface area (Å²) in [5, 5.41) is 6.58. The standard InChI is InChI=1S/C18H18N2O3S3/c1-12(13-4-6-15(7-5-13)26(3,22)23)20(2)18(21)16-11-25-17(19-16)14-8-9-24-10-14/h4-12H,1-3H3/t12-/m0/s1. The molecule has 0 N–H and O–H groups in total. The topological polar surface area (TPSA) is 67.3 Å². The van der Waals surface area contributed by atoms with Crippen LogP contribution in [0.2, 0.25) is 0 Å². The van der Waals surface area contributed by atoms with Crippen LogP contribution >= 0.6 is 22.7 Å². The molecule has 0 unspecified atom stereocenters. The quantitative estimate of drug-likeness (QED) is 0.639. The van der Waals surface area contributed by atoms with Gasteiger partial charge in [-0.15, -0.1) is 11.3 Å². The summed E-state index contributed by atoms with van der Waals surface area (Å²) in [6, 6.07) is 8.38. The minimum absolute atomic E-state index is 0.164. The Morgan fingerprint density at radius 3 is 2.42 bits per heavy atom. The summed E-state index contributed by atoms with van der Waals surface area (Å²) in [7, 11) is -1.51. The second kappa shape index (κ2) is 7.30. The van der Waals surface area contributed by atoms with E-state index in [4.69, 9.17) is 0 Å². The molecular weight excluding hydrogens is 388 g/mol. The lowest BCUT2D eigenvalue weighted by molar-refractivity contribution is 0.0737. The van der Waals surface area contributed by atoms with Crippen molar-refractivity contribution in [3.63, 3.8) is 0 Å². The van der Waals surface area contributed by atoms with Gasteiger partial charge in [0.25, 0.3) is 5.91 Å². The zero-order chi connectivity index (χ0) is 18.9. The third-order valence-electron chi connectivity index (χ3n) is 4.18. The first-order valence-corrected chi connectivity index (χ1v) is 11.5. The molecule has 2 heterocycles. The van der Waals surface area contributed by atoms with Gasteiger partial charge in [-0.1, -0.05) is 12.1 Å². The van der Waals surface area contributed by atoms with Crippen molar-refractivity contribution < 1.29 is 13.2 Å². The van der Waals surface area contributed by atoms with E-state index in [-0.39, 0.29) is 16.8 Å². The van der Waals surface area contributed by atoms with Crippen LogP contribution < -0.4 is 0 Å². The van der Waals surface area contributed by atoms with Crippen LogP contribution in [0, 0.1) is 0 Å².